The smallest absolute Gasteiger partial charge is 0.0645 e. The lowest BCUT2D eigenvalue weighted by atomic mass is 9.98. The van der Waals surface area contributed by atoms with E-state index in [9.17, 15) is 0 Å². The normalized spacial score (nSPS) is 18.9. The van der Waals surface area contributed by atoms with Crippen LogP contribution in [-0.2, 0) is 6.54 Å². The van der Waals surface area contributed by atoms with E-state index in [1.165, 1.54) is 31.4 Å². The van der Waals surface area contributed by atoms with Crippen LogP contribution in [0.15, 0.2) is 42.7 Å². The van der Waals surface area contributed by atoms with Gasteiger partial charge in [-0.05, 0) is 56.1 Å². The van der Waals surface area contributed by atoms with Crippen LogP contribution in [0.4, 0.5) is 0 Å². The fraction of sp³-hybridized carbons (Fsp3) is 0.471. The highest BCUT2D eigenvalue weighted by Crippen LogP contribution is 2.22. The van der Waals surface area contributed by atoms with Crippen molar-refractivity contribution in [3.8, 4) is 5.69 Å². The van der Waals surface area contributed by atoms with Crippen molar-refractivity contribution in [2.45, 2.75) is 38.3 Å². The first-order valence-corrected chi connectivity index (χ1v) is 7.90. The molecule has 22 heavy (non-hydrogen) atoms. The molecular formula is C17H25ClN4. The molecule has 0 aliphatic carbocycles. The summed E-state index contributed by atoms with van der Waals surface area (Å²) < 4.78 is 1.89. The highest BCUT2D eigenvalue weighted by molar-refractivity contribution is 5.85. The van der Waals surface area contributed by atoms with E-state index < -0.39 is 0 Å². The molecule has 2 heterocycles. The summed E-state index contributed by atoms with van der Waals surface area (Å²) in [6, 6.07) is 11.3. The van der Waals surface area contributed by atoms with Crippen LogP contribution in [0.5, 0.6) is 0 Å². The van der Waals surface area contributed by atoms with Gasteiger partial charge in [-0.15, -0.1) is 12.4 Å². The number of hydrogen-bond acceptors (Lipinski definition) is 3. The third-order valence-electron chi connectivity index (χ3n) is 4.34. The molecule has 120 valence electrons. The fourth-order valence-corrected chi connectivity index (χ4v) is 3.20. The summed E-state index contributed by atoms with van der Waals surface area (Å²) in [7, 11) is 0. The van der Waals surface area contributed by atoms with Gasteiger partial charge in [-0.3, -0.25) is 4.90 Å². The summed E-state index contributed by atoms with van der Waals surface area (Å²) in [6.45, 7) is 3.02. The number of nitrogens with zero attached hydrogens (tertiary/aromatic N) is 3. The number of nitrogens with two attached hydrogens (primary N) is 1. The van der Waals surface area contributed by atoms with E-state index in [0.29, 0.717) is 6.04 Å². The summed E-state index contributed by atoms with van der Waals surface area (Å²) in [5, 5.41) is 4.26. The Hall–Kier alpha value is -1.36. The molecule has 3 rings (SSSR count). The van der Waals surface area contributed by atoms with Crippen LogP contribution in [0, 0.1) is 0 Å². The van der Waals surface area contributed by atoms with Gasteiger partial charge in [-0.25, -0.2) is 4.68 Å². The van der Waals surface area contributed by atoms with Gasteiger partial charge in [0.2, 0.25) is 0 Å². The standard InChI is InChI=1S/C17H24N4.ClH/c18-10-9-16-4-1-2-12-20(16)14-15-5-7-17(8-6-15)21-13-3-11-19-21;/h3,5-8,11,13,16H,1-2,4,9-10,12,14,18H2;1H. The molecule has 1 aromatic heterocycles. The molecule has 1 aliphatic rings. The Morgan fingerprint density at radius 2 is 2.00 bits per heavy atom. The maximum absolute atomic E-state index is 5.75. The van der Waals surface area contributed by atoms with E-state index >= 15 is 0 Å². The van der Waals surface area contributed by atoms with Gasteiger partial charge in [-0.2, -0.15) is 5.10 Å². The molecule has 1 fully saturated rings. The molecular weight excluding hydrogens is 296 g/mol. The van der Waals surface area contributed by atoms with Gasteiger partial charge in [0.1, 0.15) is 0 Å². The Balaban J connectivity index is 0.00000176. The van der Waals surface area contributed by atoms with Gasteiger partial charge in [0, 0.05) is 25.0 Å². The average molecular weight is 321 g/mol. The van der Waals surface area contributed by atoms with Crippen LogP contribution >= 0.6 is 12.4 Å². The van der Waals surface area contributed by atoms with Gasteiger partial charge < -0.3 is 5.73 Å². The first-order chi connectivity index (χ1) is 10.4. The highest BCUT2D eigenvalue weighted by atomic mass is 35.5. The Labute approximate surface area is 138 Å². The SMILES string of the molecule is Cl.NCCC1CCCCN1Cc1ccc(-n2cccn2)cc1. The number of hydrogen-bond donors (Lipinski definition) is 1. The van der Waals surface area contributed by atoms with Crippen molar-refractivity contribution in [1.82, 2.24) is 14.7 Å². The zero-order valence-electron chi connectivity index (χ0n) is 12.9. The minimum atomic E-state index is 0. The molecule has 1 unspecified atom stereocenters. The summed E-state index contributed by atoms with van der Waals surface area (Å²) in [6.07, 6.45) is 8.84. The molecule has 0 saturated carbocycles. The molecule has 0 bridgehead atoms. The molecule has 0 amide bonds. The molecule has 1 aliphatic heterocycles. The maximum atomic E-state index is 5.75. The van der Waals surface area contributed by atoms with Crippen molar-refractivity contribution in [3.05, 3.63) is 48.3 Å². The van der Waals surface area contributed by atoms with Crippen LogP contribution in [0.2, 0.25) is 0 Å². The van der Waals surface area contributed by atoms with Crippen molar-refractivity contribution in [2.24, 2.45) is 5.73 Å². The van der Waals surface area contributed by atoms with Crippen molar-refractivity contribution in [3.63, 3.8) is 0 Å². The lowest BCUT2D eigenvalue weighted by molar-refractivity contribution is 0.134. The van der Waals surface area contributed by atoms with E-state index in [2.05, 4.69) is 34.3 Å². The first kappa shape index (κ1) is 17.0. The second-order valence-electron chi connectivity index (χ2n) is 5.81. The zero-order valence-corrected chi connectivity index (χ0v) is 13.7. The predicted molar refractivity (Wildman–Crippen MR) is 92.5 cm³/mol. The topological polar surface area (TPSA) is 47.1 Å². The number of halogens is 1. The maximum Gasteiger partial charge on any atom is 0.0645 e. The van der Waals surface area contributed by atoms with Crippen molar-refractivity contribution in [2.75, 3.05) is 13.1 Å². The molecule has 1 aromatic carbocycles. The summed E-state index contributed by atoms with van der Waals surface area (Å²) in [5.41, 5.74) is 8.23. The Kier molecular flexibility index (Phi) is 6.43. The van der Waals surface area contributed by atoms with E-state index in [0.717, 1.165) is 25.2 Å². The van der Waals surface area contributed by atoms with E-state index in [-0.39, 0.29) is 12.4 Å². The molecule has 2 aromatic rings. The second kappa shape index (κ2) is 8.32. The van der Waals surface area contributed by atoms with Crippen LogP contribution in [0.25, 0.3) is 5.69 Å². The molecule has 0 spiro atoms. The third kappa shape index (κ3) is 4.09. The van der Waals surface area contributed by atoms with Crippen LogP contribution in [0.3, 0.4) is 0 Å². The fourth-order valence-electron chi connectivity index (χ4n) is 3.20. The van der Waals surface area contributed by atoms with Gasteiger partial charge >= 0.3 is 0 Å². The number of rotatable bonds is 5. The molecule has 0 radical (unpaired) electrons. The zero-order chi connectivity index (χ0) is 14.5. The van der Waals surface area contributed by atoms with E-state index in [1.807, 2.05) is 16.9 Å². The molecule has 1 saturated heterocycles. The van der Waals surface area contributed by atoms with Crippen molar-refractivity contribution < 1.29 is 0 Å². The minimum Gasteiger partial charge on any atom is -0.330 e. The summed E-state index contributed by atoms with van der Waals surface area (Å²) in [4.78, 5) is 2.60. The summed E-state index contributed by atoms with van der Waals surface area (Å²) in [5.74, 6) is 0. The predicted octanol–water partition coefficient (Wildman–Crippen LogP) is 3.00. The quantitative estimate of drug-likeness (QED) is 0.921. The van der Waals surface area contributed by atoms with E-state index in [1.54, 1.807) is 6.20 Å². The Bertz CT molecular complexity index is 536. The van der Waals surface area contributed by atoms with Gasteiger partial charge in [0.05, 0.1) is 5.69 Å². The number of benzene rings is 1. The summed E-state index contributed by atoms with van der Waals surface area (Å²) >= 11 is 0. The van der Waals surface area contributed by atoms with Gasteiger partial charge in [0.15, 0.2) is 0 Å². The lowest BCUT2D eigenvalue weighted by Crippen LogP contribution is -2.40. The van der Waals surface area contributed by atoms with E-state index in [4.69, 9.17) is 5.73 Å². The van der Waals surface area contributed by atoms with Gasteiger partial charge in [0.25, 0.3) is 0 Å². The number of likely N-dealkylation sites (tertiary alicyclic amines) is 1. The van der Waals surface area contributed by atoms with Crippen molar-refractivity contribution >= 4 is 12.4 Å². The van der Waals surface area contributed by atoms with Gasteiger partial charge in [-0.1, -0.05) is 18.6 Å². The molecule has 5 heteroatoms. The first-order valence-electron chi connectivity index (χ1n) is 7.90. The minimum absolute atomic E-state index is 0. The average Bonchev–Trinajstić information content (AvgIpc) is 3.05. The third-order valence-corrected chi connectivity index (χ3v) is 4.34. The molecule has 4 nitrogen and oxygen atoms in total. The van der Waals surface area contributed by atoms with Crippen LogP contribution in [-0.4, -0.2) is 33.8 Å². The Morgan fingerprint density at radius 1 is 1.18 bits per heavy atom. The second-order valence-corrected chi connectivity index (χ2v) is 5.81. The molecule has 1 atom stereocenters. The van der Waals surface area contributed by atoms with Crippen LogP contribution < -0.4 is 5.73 Å². The number of aromatic nitrogens is 2. The van der Waals surface area contributed by atoms with Crippen molar-refractivity contribution in [1.29, 1.82) is 0 Å². The number of piperidine rings is 1. The Morgan fingerprint density at radius 3 is 2.68 bits per heavy atom. The monoisotopic (exact) mass is 320 g/mol. The van der Waals surface area contributed by atoms with Crippen LogP contribution in [0.1, 0.15) is 31.2 Å². The largest absolute Gasteiger partial charge is 0.330 e. The lowest BCUT2D eigenvalue weighted by Gasteiger charge is -2.35. The molecule has 2 N–H and O–H groups in total. The highest BCUT2D eigenvalue weighted by Gasteiger charge is 2.21.